The van der Waals surface area contributed by atoms with Gasteiger partial charge < -0.3 is 26.2 Å². The third-order valence-corrected chi connectivity index (χ3v) is 2.55. The van der Waals surface area contributed by atoms with Gasteiger partial charge in [0.1, 0.15) is 5.54 Å². The Bertz CT molecular complexity index is 388. The Balaban J connectivity index is 0.000000621. The summed E-state index contributed by atoms with van der Waals surface area (Å²) in [5.74, 6) is -4.59. The molecule has 10 heteroatoms. The average Bonchev–Trinajstić information content (AvgIpc) is 3.08. The molecule has 1 rings (SSSR count). The molecule has 0 bridgehead atoms. The molecule has 1 saturated carbocycles. The van der Waals surface area contributed by atoms with E-state index < -0.39 is 42.5 Å². The second-order valence-electron chi connectivity index (χ2n) is 4.08. The fraction of sp³-hybridized carbons (Fsp3) is 0.600. The molecule has 0 unspecified atom stereocenters. The highest BCUT2D eigenvalue weighted by Crippen LogP contribution is 2.41. The van der Waals surface area contributed by atoms with E-state index in [9.17, 15) is 19.2 Å². The van der Waals surface area contributed by atoms with Crippen LogP contribution in [0.5, 0.6) is 0 Å². The van der Waals surface area contributed by atoms with Gasteiger partial charge in [-0.25, -0.2) is 0 Å². The molecular weight excluding hydrogens is 276 g/mol. The summed E-state index contributed by atoms with van der Waals surface area (Å²) in [6.07, 6.45) is 0.589. The molecule has 20 heavy (non-hydrogen) atoms. The number of hydrogen-bond donors (Lipinski definition) is 5. The molecule has 1 fully saturated rings. The summed E-state index contributed by atoms with van der Waals surface area (Å²) in [6.45, 7) is -1.42. The quantitative estimate of drug-likeness (QED) is 0.356. The van der Waals surface area contributed by atoms with Crippen LogP contribution in [-0.4, -0.2) is 74.4 Å². The largest absolute Gasteiger partial charge is 0.480 e. The van der Waals surface area contributed by atoms with E-state index in [1.807, 2.05) is 0 Å². The number of aliphatic carboxylic acids is 4. The fourth-order valence-electron chi connectivity index (χ4n) is 1.47. The molecular formula is C10H16N2O8. The number of nitrogens with zero attached hydrogens (tertiary/aromatic N) is 1. The summed E-state index contributed by atoms with van der Waals surface area (Å²) in [5.41, 5.74) is 3.29. The van der Waals surface area contributed by atoms with Crippen LogP contribution < -0.4 is 5.73 Å². The molecule has 0 atom stereocenters. The van der Waals surface area contributed by atoms with Crippen molar-refractivity contribution in [1.82, 2.24) is 4.90 Å². The van der Waals surface area contributed by atoms with E-state index in [0.717, 1.165) is 4.90 Å². The molecule has 0 amide bonds. The lowest BCUT2D eigenvalue weighted by molar-refractivity contribution is -0.151. The Morgan fingerprint density at radius 3 is 1.40 bits per heavy atom. The molecule has 114 valence electrons. The van der Waals surface area contributed by atoms with Gasteiger partial charge in [0.15, 0.2) is 0 Å². The van der Waals surface area contributed by atoms with Gasteiger partial charge in [-0.2, -0.15) is 0 Å². The molecule has 0 radical (unpaired) electrons. The van der Waals surface area contributed by atoms with Crippen LogP contribution in [0.15, 0.2) is 0 Å². The second-order valence-corrected chi connectivity index (χ2v) is 4.08. The smallest absolute Gasteiger partial charge is 0.324 e. The Morgan fingerprint density at radius 2 is 1.25 bits per heavy atom. The minimum absolute atomic E-state index is 0.278. The van der Waals surface area contributed by atoms with Crippen molar-refractivity contribution in [3.63, 3.8) is 0 Å². The summed E-state index contributed by atoms with van der Waals surface area (Å²) in [5, 5.41) is 33.6. The minimum Gasteiger partial charge on any atom is -0.480 e. The van der Waals surface area contributed by atoms with Crippen LogP contribution in [-0.2, 0) is 19.2 Å². The van der Waals surface area contributed by atoms with E-state index >= 15 is 0 Å². The van der Waals surface area contributed by atoms with Crippen LogP contribution >= 0.6 is 0 Å². The third kappa shape index (κ3) is 5.63. The third-order valence-electron chi connectivity index (χ3n) is 2.55. The van der Waals surface area contributed by atoms with E-state index in [2.05, 4.69) is 5.73 Å². The highest BCUT2D eigenvalue weighted by atomic mass is 16.4. The van der Waals surface area contributed by atoms with Gasteiger partial charge in [0.2, 0.25) is 0 Å². The van der Waals surface area contributed by atoms with Crippen LogP contribution in [0.4, 0.5) is 0 Å². The van der Waals surface area contributed by atoms with Crippen molar-refractivity contribution in [3.05, 3.63) is 0 Å². The summed E-state index contributed by atoms with van der Waals surface area (Å²) in [7, 11) is 0. The molecule has 1 aliphatic carbocycles. The molecule has 0 aromatic heterocycles. The van der Waals surface area contributed by atoms with Crippen LogP contribution in [0, 0.1) is 0 Å². The van der Waals surface area contributed by atoms with Gasteiger partial charge >= 0.3 is 23.9 Å². The topological polar surface area (TPSA) is 178 Å². The first-order valence-electron chi connectivity index (χ1n) is 5.49. The molecule has 0 saturated heterocycles. The maximum absolute atomic E-state index is 10.9. The van der Waals surface area contributed by atoms with Gasteiger partial charge in [-0.15, -0.1) is 0 Å². The number of rotatable bonds is 7. The van der Waals surface area contributed by atoms with E-state index in [-0.39, 0.29) is 6.54 Å². The van der Waals surface area contributed by atoms with E-state index in [1.165, 1.54) is 0 Å². The zero-order chi connectivity index (χ0) is 15.9. The van der Waals surface area contributed by atoms with Crippen molar-refractivity contribution >= 4 is 23.9 Å². The van der Waals surface area contributed by atoms with Gasteiger partial charge in [0, 0.05) is 0 Å². The number of carbonyl (C=O) groups is 4. The van der Waals surface area contributed by atoms with Gasteiger partial charge in [-0.3, -0.25) is 24.1 Å². The Morgan fingerprint density at radius 1 is 0.900 bits per heavy atom. The zero-order valence-electron chi connectivity index (χ0n) is 10.5. The number of carboxylic acid groups (broad SMARTS) is 4. The van der Waals surface area contributed by atoms with Crippen molar-refractivity contribution < 1.29 is 39.6 Å². The highest BCUT2D eigenvalue weighted by molar-refractivity contribution is 5.84. The Kier molecular flexibility index (Phi) is 6.59. The normalized spacial score (nSPS) is 14.9. The average molecular weight is 292 g/mol. The van der Waals surface area contributed by atoms with Crippen molar-refractivity contribution in [2.75, 3.05) is 19.6 Å². The van der Waals surface area contributed by atoms with Gasteiger partial charge in [-0.05, 0) is 12.8 Å². The number of hydrogen-bond acceptors (Lipinski definition) is 6. The fourth-order valence-corrected chi connectivity index (χ4v) is 1.47. The lowest BCUT2D eigenvalue weighted by atomic mass is 10.2. The van der Waals surface area contributed by atoms with Crippen molar-refractivity contribution in [2.45, 2.75) is 18.4 Å². The summed E-state index contributed by atoms with van der Waals surface area (Å²) >= 11 is 0. The molecule has 10 nitrogen and oxygen atoms in total. The summed E-state index contributed by atoms with van der Waals surface area (Å²) < 4.78 is 0. The van der Waals surface area contributed by atoms with E-state index in [0.29, 0.717) is 12.8 Å². The van der Waals surface area contributed by atoms with Gasteiger partial charge in [-0.1, -0.05) is 0 Å². The monoisotopic (exact) mass is 292 g/mol. The Labute approximate surface area is 113 Å². The maximum atomic E-state index is 10.9. The number of carboxylic acids is 4. The first-order chi connectivity index (χ1) is 9.15. The molecule has 0 heterocycles. The highest BCUT2D eigenvalue weighted by Gasteiger charge is 2.55. The van der Waals surface area contributed by atoms with Crippen molar-refractivity contribution in [3.8, 4) is 0 Å². The van der Waals surface area contributed by atoms with E-state index in [4.69, 9.17) is 20.4 Å². The maximum Gasteiger partial charge on any atom is 0.324 e. The SMILES string of the molecule is NCC(=O)O.O=C(O)CN(CC(=O)O)C1(C(=O)O)CC1. The lowest BCUT2D eigenvalue weighted by Crippen LogP contribution is -2.48. The van der Waals surface area contributed by atoms with Crippen molar-refractivity contribution in [1.29, 1.82) is 0 Å². The van der Waals surface area contributed by atoms with Crippen molar-refractivity contribution in [2.24, 2.45) is 5.73 Å². The molecule has 1 aliphatic rings. The summed E-state index contributed by atoms with van der Waals surface area (Å²) in [4.78, 5) is 42.0. The standard InChI is InChI=1S/C8H11NO6.C2H5NO2/c10-5(11)3-9(4-6(12)13)8(1-2-8)7(14)15;3-1-2(4)5/h1-4H2,(H,10,11)(H,12,13)(H,14,15);1,3H2,(H,4,5). The van der Waals surface area contributed by atoms with Crippen LogP contribution in [0.2, 0.25) is 0 Å². The molecule has 0 spiro atoms. The number of nitrogens with two attached hydrogens (primary N) is 1. The molecule has 0 aromatic carbocycles. The van der Waals surface area contributed by atoms with Gasteiger partial charge in [0.25, 0.3) is 0 Å². The van der Waals surface area contributed by atoms with E-state index in [1.54, 1.807) is 0 Å². The predicted octanol–water partition coefficient (Wildman–Crippen LogP) is -1.90. The molecule has 6 N–H and O–H groups in total. The first-order valence-corrected chi connectivity index (χ1v) is 5.49. The van der Waals surface area contributed by atoms with Crippen LogP contribution in [0.3, 0.4) is 0 Å². The summed E-state index contributed by atoms with van der Waals surface area (Å²) in [6, 6.07) is 0. The minimum atomic E-state index is -1.28. The lowest BCUT2D eigenvalue weighted by Gasteiger charge is -2.24. The zero-order valence-corrected chi connectivity index (χ0v) is 10.5. The van der Waals surface area contributed by atoms with Crippen LogP contribution in [0.25, 0.3) is 0 Å². The molecule has 0 aliphatic heterocycles. The van der Waals surface area contributed by atoms with Crippen LogP contribution in [0.1, 0.15) is 12.8 Å². The predicted molar refractivity (Wildman–Crippen MR) is 63.1 cm³/mol. The second kappa shape index (κ2) is 7.40. The molecule has 0 aromatic rings. The van der Waals surface area contributed by atoms with Gasteiger partial charge in [0.05, 0.1) is 19.6 Å². The first kappa shape index (κ1) is 17.8. The Hall–Kier alpha value is -2.20.